The predicted octanol–water partition coefficient (Wildman–Crippen LogP) is 5.07. The first-order valence-electron chi connectivity index (χ1n) is 10.1. The first-order chi connectivity index (χ1) is 15.0. The van der Waals surface area contributed by atoms with Gasteiger partial charge in [-0.05, 0) is 44.0 Å². The van der Waals surface area contributed by atoms with Gasteiger partial charge in [-0.25, -0.2) is 18.7 Å². The Morgan fingerprint density at radius 3 is 2.45 bits per heavy atom. The lowest BCUT2D eigenvalue weighted by Crippen LogP contribution is -2.38. The highest BCUT2D eigenvalue weighted by Crippen LogP contribution is 2.34. The minimum Gasteiger partial charge on any atom is -0.354 e. The van der Waals surface area contributed by atoms with Gasteiger partial charge in [-0.1, -0.05) is 29.5 Å². The summed E-state index contributed by atoms with van der Waals surface area (Å²) in [5.41, 5.74) is 1.46. The second kappa shape index (κ2) is 9.43. The second-order valence-corrected chi connectivity index (χ2v) is 8.54. The smallest absolute Gasteiger partial charge is 0.227 e. The van der Waals surface area contributed by atoms with Crippen LogP contribution in [0.25, 0.3) is 0 Å². The van der Waals surface area contributed by atoms with Gasteiger partial charge in [-0.15, -0.1) is 0 Å². The van der Waals surface area contributed by atoms with E-state index in [1.54, 1.807) is 24.2 Å². The van der Waals surface area contributed by atoms with Crippen molar-refractivity contribution < 1.29 is 13.6 Å². The molecule has 1 aliphatic rings. The fourth-order valence-electron chi connectivity index (χ4n) is 3.50. The lowest BCUT2D eigenvalue weighted by Gasteiger charge is -2.32. The fraction of sp³-hybridized carbons (Fsp3) is 0.261. The number of amides is 1. The number of halogens is 2. The Morgan fingerprint density at radius 2 is 1.74 bits per heavy atom. The molecule has 0 radical (unpaired) electrons. The van der Waals surface area contributed by atoms with Crippen molar-refractivity contribution >= 4 is 29.2 Å². The molecule has 8 heteroatoms. The third kappa shape index (κ3) is 5.19. The Labute approximate surface area is 183 Å². The van der Waals surface area contributed by atoms with Crippen molar-refractivity contribution in [2.24, 2.45) is 5.92 Å². The van der Waals surface area contributed by atoms with Crippen LogP contribution < -0.4 is 10.2 Å². The minimum atomic E-state index is -0.978. The molecule has 1 aliphatic heterocycles. The summed E-state index contributed by atoms with van der Waals surface area (Å²) in [6.45, 7) is 3.38. The number of piperidine rings is 1. The lowest BCUT2D eigenvalue weighted by molar-refractivity contribution is -0.120. The van der Waals surface area contributed by atoms with Gasteiger partial charge >= 0.3 is 0 Å². The summed E-state index contributed by atoms with van der Waals surface area (Å²) in [4.78, 5) is 24.8. The largest absolute Gasteiger partial charge is 0.354 e. The Bertz CT molecular complexity index is 1070. The van der Waals surface area contributed by atoms with Gasteiger partial charge in [0.2, 0.25) is 5.91 Å². The van der Waals surface area contributed by atoms with Crippen molar-refractivity contribution in [3.05, 3.63) is 72.1 Å². The summed E-state index contributed by atoms with van der Waals surface area (Å²) in [6.07, 6.45) is 4.64. The summed E-state index contributed by atoms with van der Waals surface area (Å²) in [6, 6.07) is 11.6. The molecule has 0 bridgehead atoms. The van der Waals surface area contributed by atoms with E-state index in [1.807, 2.05) is 0 Å². The third-order valence-corrected chi connectivity index (χ3v) is 6.22. The van der Waals surface area contributed by atoms with E-state index in [1.165, 1.54) is 11.6 Å². The van der Waals surface area contributed by atoms with Crippen LogP contribution in [0, 0.1) is 24.5 Å². The van der Waals surface area contributed by atoms with Gasteiger partial charge < -0.3 is 10.2 Å². The van der Waals surface area contributed by atoms with Crippen molar-refractivity contribution in [3.63, 3.8) is 0 Å². The number of rotatable bonds is 5. The first-order valence-corrected chi connectivity index (χ1v) is 10.9. The molecule has 1 aromatic heterocycles. The van der Waals surface area contributed by atoms with E-state index < -0.39 is 11.6 Å². The van der Waals surface area contributed by atoms with Gasteiger partial charge in [0.15, 0.2) is 17.5 Å². The van der Waals surface area contributed by atoms with Crippen LogP contribution >= 0.6 is 11.8 Å². The van der Waals surface area contributed by atoms with Gasteiger partial charge in [0, 0.05) is 48.1 Å². The number of hydrogen-bond donors (Lipinski definition) is 1. The highest BCUT2D eigenvalue weighted by atomic mass is 32.2. The Morgan fingerprint density at radius 1 is 1.03 bits per heavy atom. The van der Waals surface area contributed by atoms with Crippen LogP contribution in [-0.4, -0.2) is 29.0 Å². The molecule has 0 unspecified atom stereocenters. The fourth-order valence-corrected chi connectivity index (χ4v) is 4.38. The number of benzene rings is 2. The monoisotopic (exact) mass is 440 g/mol. The highest BCUT2D eigenvalue weighted by Gasteiger charge is 2.27. The molecule has 0 aliphatic carbocycles. The van der Waals surface area contributed by atoms with Crippen LogP contribution in [0.5, 0.6) is 0 Å². The first kappa shape index (κ1) is 21.2. The number of hydrogen-bond acceptors (Lipinski definition) is 5. The molecular formula is C23H22F2N4OS. The Kier molecular flexibility index (Phi) is 6.46. The van der Waals surface area contributed by atoms with Gasteiger partial charge in [-0.2, -0.15) is 0 Å². The zero-order chi connectivity index (χ0) is 21.8. The number of nitrogens with zero attached hydrogens (tertiary/aromatic N) is 3. The van der Waals surface area contributed by atoms with Crippen LogP contribution in [0.4, 0.5) is 20.3 Å². The molecule has 2 heterocycles. The van der Waals surface area contributed by atoms with Crippen LogP contribution in [0.1, 0.15) is 18.4 Å². The molecule has 2 aromatic carbocycles. The zero-order valence-corrected chi connectivity index (χ0v) is 17.8. The maximum atomic E-state index is 13.4. The number of aryl methyl sites for hydroxylation is 1. The Hall–Kier alpha value is -3.00. The lowest BCUT2D eigenvalue weighted by atomic mass is 9.96. The molecule has 160 valence electrons. The van der Waals surface area contributed by atoms with Crippen LogP contribution in [0.2, 0.25) is 0 Å². The minimum absolute atomic E-state index is 0.181. The number of carbonyl (C=O) groups is 1. The van der Waals surface area contributed by atoms with Crippen molar-refractivity contribution in [1.29, 1.82) is 0 Å². The molecule has 0 atom stereocenters. The van der Waals surface area contributed by atoms with E-state index in [4.69, 9.17) is 0 Å². The molecule has 1 amide bonds. The van der Waals surface area contributed by atoms with Crippen molar-refractivity contribution in [1.82, 2.24) is 9.97 Å². The van der Waals surface area contributed by atoms with Gasteiger partial charge in [0.25, 0.3) is 0 Å². The molecule has 4 rings (SSSR count). The van der Waals surface area contributed by atoms with E-state index in [2.05, 4.69) is 51.4 Å². The molecule has 5 nitrogen and oxygen atoms in total. The number of aromatic nitrogens is 2. The molecule has 3 aromatic rings. The average molecular weight is 441 g/mol. The normalized spacial score (nSPS) is 14.5. The number of nitrogens with one attached hydrogen (secondary N) is 1. The van der Waals surface area contributed by atoms with Gasteiger partial charge in [0.1, 0.15) is 5.03 Å². The van der Waals surface area contributed by atoms with E-state index >= 15 is 0 Å². The van der Waals surface area contributed by atoms with Crippen LogP contribution in [-0.2, 0) is 4.79 Å². The van der Waals surface area contributed by atoms with Gasteiger partial charge in [-0.3, -0.25) is 4.79 Å². The maximum Gasteiger partial charge on any atom is 0.227 e. The number of anilines is 2. The van der Waals surface area contributed by atoms with E-state index in [0.717, 1.165) is 27.9 Å². The molecule has 1 N–H and O–H groups in total. The Balaban J connectivity index is 1.39. The van der Waals surface area contributed by atoms with Gasteiger partial charge in [0.05, 0.1) is 0 Å². The van der Waals surface area contributed by atoms with E-state index in [0.29, 0.717) is 25.9 Å². The molecule has 31 heavy (non-hydrogen) atoms. The van der Waals surface area contributed by atoms with Crippen LogP contribution in [0.3, 0.4) is 0 Å². The van der Waals surface area contributed by atoms with Crippen molar-refractivity contribution in [2.45, 2.75) is 29.7 Å². The average Bonchev–Trinajstić information content (AvgIpc) is 2.78. The third-order valence-electron chi connectivity index (χ3n) is 5.23. The quantitative estimate of drug-likeness (QED) is 0.600. The molecule has 1 fully saturated rings. The predicted molar refractivity (Wildman–Crippen MR) is 117 cm³/mol. The summed E-state index contributed by atoms with van der Waals surface area (Å²) in [5.74, 6) is -1.48. The second-order valence-electron chi connectivity index (χ2n) is 7.48. The highest BCUT2D eigenvalue weighted by molar-refractivity contribution is 7.99. The summed E-state index contributed by atoms with van der Waals surface area (Å²) in [5, 5.41) is 3.52. The molecular weight excluding hydrogens is 418 g/mol. The molecule has 0 spiro atoms. The van der Waals surface area contributed by atoms with Crippen LogP contribution in [0.15, 0.2) is 64.8 Å². The van der Waals surface area contributed by atoms with Crippen molar-refractivity contribution in [2.75, 3.05) is 23.3 Å². The molecule has 0 saturated carbocycles. The van der Waals surface area contributed by atoms with E-state index in [-0.39, 0.29) is 17.5 Å². The van der Waals surface area contributed by atoms with E-state index in [9.17, 15) is 13.6 Å². The summed E-state index contributed by atoms with van der Waals surface area (Å²) < 4.78 is 26.5. The SMILES string of the molecule is Cc1ccc(Sc2nccnc2N2CCC(C(=O)Nc3ccc(F)c(F)c3)CC2)cc1. The topological polar surface area (TPSA) is 58.1 Å². The summed E-state index contributed by atoms with van der Waals surface area (Å²) >= 11 is 1.57. The zero-order valence-electron chi connectivity index (χ0n) is 17.0. The summed E-state index contributed by atoms with van der Waals surface area (Å²) in [7, 11) is 0. The maximum absolute atomic E-state index is 13.4. The molecule has 1 saturated heterocycles. The standard InChI is InChI=1S/C23H22F2N4OS/c1-15-2-5-18(6-3-15)31-23-21(26-10-11-27-23)29-12-8-16(9-13-29)22(30)28-17-4-7-19(24)20(25)14-17/h2-7,10-11,14,16H,8-9,12-13H2,1H3,(H,28,30). The number of carbonyl (C=O) groups excluding carboxylic acids is 1. The van der Waals surface area contributed by atoms with Crippen molar-refractivity contribution in [3.8, 4) is 0 Å².